The van der Waals surface area contributed by atoms with Crippen LogP contribution in [-0.2, 0) is 14.3 Å². The zero-order valence-corrected chi connectivity index (χ0v) is 18.0. The third kappa shape index (κ3) is 3.72. The van der Waals surface area contributed by atoms with E-state index in [4.69, 9.17) is 4.74 Å². The van der Waals surface area contributed by atoms with Gasteiger partial charge in [-0.05, 0) is 44.7 Å². The molecule has 2 aliphatic rings. The first-order valence-corrected chi connectivity index (χ1v) is 11.0. The minimum absolute atomic E-state index is 0.0576. The van der Waals surface area contributed by atoms with Crippen molar-refractivity contribution >= 4 is 23.1 Å². The van der Waals surface area contributed by atoms with Crippen molar-refractivity contribution in [3.05, 3.63) is 80.6 Å². The molecule has 1 aliphatic heterocycles. The molecule has 2 aromatic rings. The maximum Gasteiger partial charge on any atom is 0.337 e. The minimum Gasteiger partial charge on any atom is -0.460 e. The molecule has 4 rings (SSSR count). The number of allylic oxidation sites excluding steroid dienone is 3. The Morgan fingerprint density at radius 2 is 1.97 bits per heavy atom. The first-order chi connectivity index (χ1) is 14.4. The number of thiophene rings is 1. The Morgan fingerprint density at radius 1 is 1.20 bits per heavy atom. The lowest BCUT2D eigenvalue weighted by Crippen LogP contribution is -2.36. The predicted molar refractivity (Wildman–Crippen MR) is 115 cm³/mol. The van der Waals surface area contributed by atoms with Gasteiger partial charge in [0.05, 0.1) is 17.6 Å². The molecule has 1 aromatic heterocycles. The van der Waals surface area contributed by atoms with Crippen LogP contribution < -0.4 is 5.32 Å². The molecule has 4 nitrogen and oxygen atoms in total. The number of benzene rings is 1. The van der Waals surface area contributed by atoms with Crippen LogP contribution in [0.25, 0.3) is 0 Å². The molecule has 0 bridgehead atoms. The molecule has 156 valence electrons. The quantitative estimate of drug-likeness (QED) is 0.684. The van der Waals surface area contributed by atoms with Gasteiger partial charge in [0.1, 0.15) is 5.82 Å². The molecule has 0 saturated carbocycles. The van der Waals surface area contributed by atoms with Crippen LogP contribution in [0, 0.1) is 5.82 Å². The van der Waals surface area contributed by atoms with Crippen molar-refractivity contribution in [1.82, 2.24) is 5.32 Å². The first kappa shape index (κ1) is 20.5. The molecule has 6 heteroatoms. The normalized spacial score (nSPS) is 21.6. The van der Waals surface area contributed by atoms with Crippen LogP contribution in [0.15, 0.2) is 64.3 Å². The number of dihydropyridines is 1. The average molecular weight is 426 g/mol. The summed E-state index contributed by atoms with van der Waals surface area (Å²) in [4.78, 5) is 27.5. The lowest BCUT2D eigenvalue weighted by atomic mass is 9.72. The lowest BCUT2D eigenvalue weighted by molar-refractivity contribution is -0.143. The van der Waals surface area contributed by atoms with Gasteiger partial charge >= 0.3 is 5.97 Å². The van der Waals surface area contributed by atoms with Crippen LogP contribution in [0.2, 0.25) is 0 Å². The Hall–Kier alpha value is -2.73. The summed E-state index contributed by atoms with van der Waals surface area (Å²) in [5.41, 5.74) is 2.48. The summed E-state index contributed by atoms with van der Waals surface area (Å²) in [6.45, 7) is 5.32. The smallest absolute Gasteiger partial charge is 0.337 e. The van der Waals surface area contributed by atoms with Gasteiger partial charge in [-0.25, -0.2) is 9.18 Å². The van der Waals surface area contributed by atoms with Crippen molar-refractivity contribution < 1.29 is 18.7 Å². The molecule has 0 fully saturated rings. The molecular formula is C24H24FNO3S. The van der Waals surface area contributed by atoms with Crippen LogP contribution in [0.1, 0.15) is 55.9 Å². The highest BCUT2D eigenvalue weighted by Gasteiger charge is 2.42. The Bertz CT molecular complexity index is 1050. The van der Waals surface area contributed by atoms with E-state index in [1.807, 2.05) is 17.5 Å². The number of ether oxygens (including phenoxy) is 1. The largest absolute Gasteiger partial charge is 0.460 e. The van der Waals surface area contributed by atoms with Gasteiger partial charge in [0.2, 0.25) is 0 Å². The summed E-state index contributed by atoms with van der Waals surface area (Å²) < 4.78 is 20.3. The number of ketones is 1. The highest BCUT2D eigenvalue weighted by atomic mass is 32.1. The maximum atomic E-state index is 14.9. The summed E-state index contributed by atoms with van der Waals surface area (Å²) >= 11 is 1.63. The average Bonchev–Trinajstić information content (AvgIpc) is 3.21. The molecule has 2 atom stereocenters. The number of hydrogen-bond acceptors (Lipinski definition) is 5. The van der Waals surface area contributed by atoms with Gasteiger partial charge in [-0.2, -0.15) is 0 Å². The van der Waals surface area contributed by atoms with Gasteiger partial charge in [-0.15, -0.1) is 11.3 Å². The molecule has 0 amide bonds. The van der Waals surface area contributed by atoms with Gasteiger partial charge in [0.15, 0.2) is 5.78 Å². The lowest BCUT2D eigenvalue weighted by Gasteiger charge is -2.36. The SMILES string of the molecule is CC1=C(C(=O)OC(C)C)[C@H](c2ccccc2F)C2=C(C[C@H](c3cccs3)CC2=O)N1. The van der Waals surface area contributed by atoms with Gasteiger partial charge in [-0.1, -0.05) is 24.3 Å². The van der Waals surface area contributed by atoms with E-state index in [0.717, 1.165) is 10.6 Å². The first-order valence-electron chi connectivity index (χ1n) is 10.1. The van der Waals surface area contributed by atoms with E-state index < -0.39 is 17.7 Å². The summed E-state index contributed by atoms with van der Waals surface area (Å²) in [6.07, 6.45) is 0.674. The maximum absolute atomic E-state index is 14.9. The Balaban J connectivity index is 1.83. The molecule has 30 heavy (non-hydrogen) atoms. The zero-order chi connectivity index (χ0) is 21.4. The second kappa shape index (κ2) is 8.19. The van der Waals surface area contributed by atoms with Crippen molar-refractivity contribution in [2.24, 2.45) is 0 Å². The fourth-order valence-electron chi connectivity index (χ4n) is 4.33. The standard InChI is InChI=1S/C24H24FNO3S/c1-13(2)29-24(28)21-14(3)26-18-11-15(20-9-6-10-30-20)12-19(27)23(18)22(21)16-7-4-5-8-17(16)25/h4-10,13,15,22,26H,11-12H2,1-3H3/t15-,22-/m0/s1. The molecule has 1 aliphatic carbocycles. The number of carbonyl (C=O) groups is 2. The summed E-state index contributed by atoms with van der Waals surface area (Å²) in [5.74, 6) is -1.71. The second-order valence-corrected chi connectivity index (χ2v) is 8.99. The number of rotatable bonds is 4. The predicted octanol–water partition coefficient (Wildman–Crippen LogP) is 5.20. The fourth-order valence-corrected chi connectivity index (χ4v) is 5.16. The van der Waals surface area contributed by atoms with Crippen molar-refractivity contribution in [2.75, 3.05) is 0 Å². The van der Waals surface area contributed by atoms with E-state index >= 15 is 0 Å². The topological polar surface area (TPSA) is 55.4 Å². The van der Waals surface area contributed by atoms with Gasteiger partial charge in [0, 0.05) is 39.7 Å². The number of Topliss-reactive ketones (excluding diaryl/α,β-unsaturated/α-hetero) is 1. The molecule has 0 unspecified atom stereocenters. The molecule has 0 saturated heterocycles. The van der Waals surface area contributed by atoms with E-state index in [-0.39, 0.29) is 17.8 Å². The molecule has 1 N–H and O–H groups in total. The van der Waals surface area contributed by atoms with Crippen LogP contribution >= 0.6 is 11.3 Å². The third-order valence-corrected chi connectivity index (χ3v) is 6.59. The van der Waals surface area contributed by atoms with Crippen molar-refractivity contribution in [3.63, 3.8) is 0 Å². The van der Waals surface area contributed by atoms with E-state index in [2.05, 4.69) is 5.32 Å². The summed E-state index contributed by atoms with van der Waals surface area (Å²) in [7, 11) is 0. The number of hydrogen-bond donors (Lipinski definition) is 1. The van der Waals surface area contributed by atoms with Crippen LogP contribution in [0.3, 0.4) is 0 Å². The van der Waals surface area contributed by atoms with Crippen LogP contribution in [-0.4, -0.2) is 17.9 Å². The van der Waals surface area contributed by atoms with Crippen molar-refractivity contribution in [2.45, 2.75) is 51.6 Å². The fraction of sp³-hybridized carbons (Fsp3) is 0.333. The van der Waals surface area contributed by atoms with Crippen molar-refractivity contribution in [1.29, 1.82) is 0 Å². The van der Waals surface area contributed by atoms with Gasteiger partial charge < -0.3 is 10.1 Å². The number of nitrogens with one attached hydrogen (secondary N) is 1. The number of esters is 1. The number of halogens is 1. The van der Waals surface area contributed by atoms with E-state index in [9.17, 15) is 14.0 Å². The zero-order valence-electron chi connectivity index (χ0n) is 17.2. The Morgan fingerprint density at radius 3 is 2.63 bits per heavy atom. The number of carbonyl (C=O) groups excluding carboxylic acids is 2. The summed E-state index contributed by atoms with van der Waals surface area (Å²) in [5, 5.41) is 5.29. The van der Waals surface area contributed by atoms with Gasteiger partial charge in [-0.3, -0.25) is 4.79 Å². The molecule has 0 radical (unpaired) electrons. The highest BCUT2D eigenvalue weighted by molar-refractivity contribution is 7.10. The molecule has 0 spiro atoms. The van der Waals surface area contributed by atoms with E-state index in [0.29, 0.717) is 35.2 Å². The molecule has 2 heterocycles. The Kier molecular flexibility index (Phi) is 5.60. The second-order valence-electron chi connectivity index (χ2n) is 8.01. The van der Waals surface area contributed by atoms with Gasteiger partial charge in [0.25, 0.3) is 0 Å². The summed E-state index contributed by atoms with van der Waals surface area (Å²) in [6, 6.07) is 10.4. The monoisotopic (exact) mass is 425 g/mol. The molecular weight excluding hydrogens is 401 g/mol. The van der Waals surface area contributed by atoms with E-state index in [1.54, 1.807) is 50.3 Å². The third-order valence-electron chi connectivity index (χ3n) is 5.55. The van der Waals surface area contributed by atoms with Crippen molar-refractivity contribution in [3.8, 4) is 0 Å². The van der Waals surface area contributed by atoms with E-state index in [1.165, 1.54) is 6.07 Å². The Labute approximate surface area is 179 Å². The molecule has 1 aromatic carbocycles. The van der Waals surface area contributed by atoms with Crippen LogP contribution in [0.5, 0.6) is 0 Å². The minimum atomic E-state index is -0.773. The van der Waals surface area contributed by atoms with Crippen LogP contribution in [0.4, 0.5) is 4.39 Å². The highest BCUT2D eigenvalue weighted by Crippen LogP contribution is 2.46.